The summed E-state index contributed by atoms with van der Waals surface area (Å²) in [6.07, 6.45) is -1.18. The van der Waals surface area contributed by atoms with Crippen molar-refractivity contribution in [3.63, 3.8) is 0 Å². The van der Waals surface area contributed by atoms with Gasteiger partial charge in [-0.3, -0.25) is 4.79 Å². The number of amides is 1. The van der Waals surface area contributed by atoms with Crippen LogP contribution in [-0.2, 0) is 4.74 Å². The lowest BCUT2D eigenvalue weighted by Gasteiger charge is -2.31. The zero-order chi connectivity index (χ0) is 26.6. The van der Waals surface area contributed by atoms with Gasteiger partial charge in [0.1, 0.15) is 17.3 Å². The lowest BCUT2D eigenvalue weighted by atomic mass is 9.98. The Kier molecular flexibility index (Phi) is 8.38. The van der Waals surface area contributed by atoms with E-state index >= 15 is 0 Å². The molecule has 0 radical (unpaired) electrons. The first-order chi connectivity index (χ1) is 17.6. The summed E-state index contributed by atoms with van der Waals surface area (Å²) in [7, 11) is 1.45. The van der Waals surface area contributed by atoms with Crippen molar-refractivity contribution in [3.05, 3.63) is 41.1 Å². The van der Waals surface area contributed by atoms with Crippen molar-refractivity contribution in [1.29, 1.82) is 0 Å². The van der Waals surface area contributed by atoms with E-state index in [2.05, 4.69) is 20.0 Å². The van der Waals surface area contributed by atoms with Crippen molar-refractivity contribution in [2.45, 2.75) is 63.6 Å². The molecule has 2 aliphatic rings. The van der Waals surface area contributed by atoms with E-state index in [4.69, 9.17) is 15.2 Å². The van der Waals surface area contributed by atoms with Crippen molar-refractivity contribution in [3.8, 4) is 11.8 Å². The third-order valence-corrected chi connectivity index (χ3v) is 6.67. The van der Waals surface area contributed by atoms with Crippen LogP contribution in [0.25, 0.3) is 0 Å². The molecule has 4 rings (SSSR count). The number of carbonyl (C=O) groups excluding carboxylic acids is 1. The summed E-state index contributed by atoms with van der Waals surface area (Å²) in [5.74, 6) is 0.0413. The largest absolute Gasteiger partial charge is 0.573 e. The predicted molar refractivity (Wildman–Crippen MR) is 130 cm³/mol. The number of hydrogen-bond acceptors (Lipinski definition) is 8. The molecule has 9 nitrogen and oxygen atoms in total. The quantitative estimate of drug-likeness (QED) is 0.561. The highest BCUT2D eigenvalue weighted by Gasteiger charge is 2.31. The molecule has 2 aliphatic heterocycles. The van der Waals surface area contributed by atoms with Gasteiger partial charge in [0.25, 0.3) is 5.91 Å². The number of benzene rings is 1. The van der Waals surface area contributed by atoms with E-state index in [1.807, 2.05) is 0 Å². The van der Waals surface area contributed by atoms with Gasteiger partial charge >= 0.3 is 12.4 Å². The number of carbonyl (C=O) groups is 1. The summed E-state index contributed by atoms with van der Waals surface area (Å²) < 4.78 is 52.7. The Morgan fingerprint density at radius 1 is 1.16 bits per heavy atom. The summed E-state index contributed by atoms with van der Waals surface area (Å²) in [5.41, 5.74) is 7.66. The molecule has 37 heavy (non-hydrogen) atoms. The fourth-order valence-electron chi connectivity index (χ4n) is 4.61. The molecule has 1 aromatic heterocycles. The number of nitrogens with zero attached hydrogens (tertiary/aromatic N) is 3. The first-order valence-electron chi connectivity index (χ1n) is 12.4. The second-order valence-electron chi connectivity index (χ2n) is 9.34. The van der Waals surface area contributed by atoms with Crippen LogP contribution in [-0.4, -0.2) is 66.0 Å². The van der Waals surface area contributed by atoms with E-state index in [1.165, 1.54) is 19.2 Å². The molecule has 202 valence electrons. The molecular weight excluding hydrogens is 491 g/mol. The van der Waals surface area contributed by atoms with Gasteiger partial charge in [0.2, 0.25) is 0 Å². The number of likely N-dealkylation sites (tertiary alicyclic amines) is 1. The fraction of sp³-hybridized carbons (Fsp3) is 0.560. The molecule has 0 spiro atoms. The van der Waals surface area contributed by atoms with Gasteiger partial charge in [-0.2, -0.15) is 9.97 Å². The highest BCUT2D eigenvalue weighted by molar-refractivity contribution is 5.95. The zero-order valence-corrected chi connectivity index (χ0v) is 20.9. The van der Waals surface area contributed by atoms with Crippen molar-refractivity contribution in [2.24, 2.45) is 5.73 Å². The van der Waals surface area contributed by atoms with Gasteiger partial charge in [0.15, 0.2) is 0 Å². The molecule has 1 amide bonds. The van der Waals surface area contributed by atoms with E-state index in [9.17, 15) is 18.0 Å². The zero-order valence-electron chi connectivity index (χ0n) is 20.9. The minimum Gasteiger partial charge on any atom is -0.467 e. The van der Waals surface area contributed by atoms with Gasteiger partial charge in [-0.25, -0.2) is 0 Å². The lowest BCUT2D eigenvalue weighted by molar-refractivity contribution is -0.274. The van der Waals surface area contributed by atoms with E-state index in [-0.39, 0.29) is 41.6 Å². The Labute approximate surface area is 213 Å². The minimum absolute atomic E-state index is 0.0914. The first-order valence-corrected chi connectivity index (χ1v) is 12.4. The normalized spacial score (nSPS) is 21.0. The summed E-state index contributed by atoms with van der Waals surface area (Å²) >= 11 is 0. The molecule has 2 saturated heterocycles. The van der Waals surface area contributed by atoms with Crippen LogP contribution in [0.3, 0.4) is 0 Å². The van der Waals surface area contributed by atoms with E-state index < -0.39 is 6.36 Å². The molecule has 2 atom stereocenters. The number of hydrogen-bond donors (Lipinski definition) is 2. The van der Waals surface area contributed by atoms with Gasteiger partial charge in [0.05, 0.1) is 19.3 Å². The van der Waals surface area contributed by atoms with E-state index in [0.717, 1.165) is 37.7 Å². The third-order valence-electron chi connectivity index (χ3n) is 6.67. The molecule has 2 aromatic rings. The van der Waals surface area contributed by atoms with Crippen LogP contribution >= 0.6 is 0 Å². The third kappa shape index (κ3) is 7.01. The summed E-state index contributed by atoms with van der Waals surface area (Å²) in [6, 6.07) is 5.96. The second kappa shape index (κ2) is 11.5. The standard InChI is InChI=1S/C25H32F3N5O4/c1-15-21(23(34)33-12-10-17(29)11-13-33)31-24(35-2)32-22(15)30-14-19-4-3-5-20(36-19)16-6-8-18(9-7-16)37-25(26,27)28/h6-9,17,19-20H,3-5,10-14,29H2,1-2H3,(H,30,31,32)/t19-,20+/m1/s1. The van der Waals surface area contributed by atoms with Crippen LogP contribution in [0.2, 0.25) is 0 Å². The highest BCUT2D eigenvalue weighted by atomic mass is 19.4. The maximum absolute atomic E-state index is 13.2. The maximum Gasteiger partial charge on any atom is 0.573 e. The summed E-state index contributed by atoms with van der Waals surface area (Å²) in [4.78, 5) is 23.6. The smallest absolute Gasteiger partial charge is 0.467 e. The summed E-state index contributed by atoms with van der Waals surface area (Å²) in [5, 5.41) is 3.28. The topological polar surface area (TPSA) is 112 Å². The number of rotatable bonds is 7. The number of methoxy groups -OCH3 is 1. The van der Waals surface area contributed by atoms with Crippen molar-refractivity contribution in [1.82, 2.24) is 14.9 Å². The van der Waals surface area contributed by atoms with E-state index in [0.29, 0.717) is 31.0 Å². The monoisotopic (exact) mass is 523 g/mol. The maximum atomic E-state index is 13.2. The Bertz CT molecular complexity index is 1080. The van der Waals surface area contributed by atoms with Crippen molar-refractivity contribution in [2.75, 3.05) is 32.1 Å². The molecule has 3 N–H and O–H groups in total. The van der Waals surface area contributed by atoms with Gasteiger partial charge in [0, 0.05) is 31.2 Å². The highest BCUT2D eigenvalue weighted by Crippen LogP contribution is 2.33. The fourth-order valence-corrected chi connectivity index (χ4v) is 4.61. The number of alkyl halides is 3. The SMILES string of the molecule is COc1nc(NC[C@H]2CCC[C@@H](c3ccc(OC(F)(F)F)cc3)O2)c(C)c(C(=O)N2CCC(N)CC2)n1. The van der Waals surface area contributed by atoms with E-state index in [1.54, 1.807) is 24.0 Å². The average molecular weight is 524 g/mol. The minimum atomic E-state index is -4.73. The molecule has 0 saturated carbocycles. The van der Waals surface area contributed by atoms with Crippen LogP contribution in [0, 0.1) is 6.92 Å². The Hall–Kier alpha value is -3.12. The molecule has 12 heteroatoms. The molecule has 0 aliphatic carbocycles. The lowest BCUT2D eigenvalue weighted by Crippen LogP contribution is -2.43. The molecule has 0 bridgehead atoms. The number of ether oxygens (including phenoxy) is 3. The van der Waals surface area contributed by atoms with Crippen molar-refractivity contribution >= 4 is 11.7 Å². The van der Waals surface area contributed by atoms with Crippen LogP contribution in [0.15, 0.2) is 24.3 Å². The van der Waals surface area contributed by atoms with Crippen LogP contribution in [0.1, 0.15) is 59.8 Å². The summed E-state index contributed by atoms with van der Waals surface area (Å²) in [6.45, 7) is 3.38. The number of anilines is 1. The van der Waals surface area contributed by atoms with Crippen LogP contribution in [0.5, 0.6) is 11.8 Å². The number of halogens is 3. The molecule has 1 aromatic carbocycles. The Morgan fingerprint density at radius 2 is 1.86 bits per heavy atom. The Balaban J connectivity index is 1.41. The number of piperidine rings is 1. The molecule has 3 heterocycles. The van der Waals surface area contributed by atoms with Gasteiger partial charge in [-0.15, -0.1) is 13.2 Å². The Morgan fingerprint density at radius 3 is 2.51 bits per heavy atom. The average Bonchev–Trinajstić information content (AvgIpc) is 2.88. The van der Waals surface area contributed by atoms with Crippen LogP contribution < -0.4 is 20.5 Å². The molecular formula is C25H32F3N5O4. The van der Waals surface area contributed by atoms with Gasteiger partial charge in [-0.05, 0) is 56.7 Å². The molecule has 0 unspecified atom stereocenters. The van der Waals surface area contributed by atoms with Gasteiger partial charge < -0.3 is 30.2 Å². The number of nitrogens with two attached hydrogens (primary N) is 1. The molecule has 2 fully saturated rings. The first kappa shape index (κ1) is 26.9. The van der Waals surface area contributed by atoms with Gasteiger partial charge in [-0.1, -0.05) is 12.1 Å². The van der Waals surface area contributed by atoms with Crippen LogP contribution in [0.4, 0.5) is 19.0 Å². The predicted octanol–water partition coefficient (Wildman–Crippen LogP) is 3.98. The van der Waals surface area contributed by atoms with Crippen molar-refractivity contribution < 1.29 is 32.2 Å². The second-order valence-corrected chi connectivity index (χ2v) is 9.34. The number of nitrogens with one attached hydrogen (secondary N) is 1. The number of aromatic nitrogens is 2.